The third-order valence-electron chi connectivity index (χ3n) is 5.01. The average Bonchev–Trinajstić information content (AvgIpc) is 3.07. The van der Waals surface area contributed by atoms with Crippen LogP contribution in [-0.2, 0) is 4.79 Å². The lowest BCUT2D eigenvalue weighted by Gasteiger charge is -2.29. The molecule has 1 atom stereocenters. The molecule has 1 aliphatic rings. The van der Waals surface area contributed by atoms with Gasteiger partial charge >= 0.3 is 0 Å². The van der Waals surface area contributed by atoms with Crippen LogP contribution < -0.4 is 4.74 Å². The molecule has 0 saturated heterocycles. The zero-order valence-electron chi connectivity index (χ0n) is 15.2. The second kappa shape index (κ2) is 6.72. The Morgan fingerprint density at radius 2 is 1.92 bits per heavy atom. The van der Waals surface area contributed by atoms with Crippen molar-refractivity contribution in [1.82, 2.24) is 9.88 Å². The van der Waals surface area contributed by atoms with E-state index in [2.05, 4.69) is 23.2 Å². The summed E-state index contributed by atoms with van der Waals surface area (Å²) in [5, 5.41) is 0.846. The number of carbonyl (C=O) groups excluding carboxylic acids is 1. The summed E-state index contributed by atoms with van der Waals surface area (Å²) in [6.07, 6.45) is 0. The number of benzene rings is 2. The first-order valence-corrected chi connectivity index (χ1v) is 9.80. The maximum absolute atomic E-state index is 13.3. The van der Waals surface area contributed by atoms with E-state index in [0.29, 0.717) is 13.1 Å². The molecular weight excluding hydrogens is 344 g/mol. The summed E-state index contributed by atoms with van der Waals surface area (Å²) < 4.78 is 5.58. The molecule has 3 aromatic rings. The van der Waals surface area contributed by atoms with E-state index in [0.717, 1.165) is 38.4 Å². The SMILES string of the molecule is CCN(CC)C(=O)C1Sc2c(OC)cccc2-c2[nH]c3ccccc3c21. The molecule has 2 aromatic carbocycles. The normalized spacial score (nSPS) is 15.4. The molecular formula is C21H22N2O2S. The predicted octanol–water partition coefficient (Wildman–Crippen LogP) is 4.86. The Hall–Kier alpha value is -2.40. The number of aromatic nitrogens is 1. The lowest BCUT2D eigenvalue weighted by Crippen LogP contribution is -2.34. The Labute approximate surface area is 157 Å². The fraction of sp³-hybridized carbons (Fsp3) is 0.286. The molecule has 5 heteroatoms. The van der Waals surface area contributed by atoms with E-state index in [-0.39, 0.29) is 11.2 Å². The quantitative estimate of drug-likeness (QED) is 0.717. The smallest absolute Gasteiger partial charge is 0.240 e. The van der Waals surface area contributed by atoms with Crippen LogP contribution in [0.4, 0.5) is 0 Å². The van der Waals surface area contributed by atoms with Gasteiger partial charge in [-0.2, -0.15) is 0 Å². The monoisotopic (exact) mass is 366 g/mol. The molecule has 4 rings (SSSR count). The zero-order chi connectivity index (χ0) is 18.3. The standard InChI is InChI=1S/C21H22N2O2S/c1-4-23(5-2)21(24)20-17-13-9-6-7-11-15(13)22-18(17)14-10-8-12-16(25-3)19(14)26-20/h6-12,20,22H,4-5H2,1-3H3. The van der Waals surface area contributed by atoms with Crippen molar-refractivity contribution in [2.45, 2.75) is 24.0 Å². The van der Waals surface area contributed by atoms with Crippen LogP contribution in [0, 0.1) is 0 Å². The molecule has 2 heterocycles. The van der Waals surface area contributed by atoms with Gasteiger partial charge in [-0.15, -0.1) is 11.8 Å². The maximum Gasteiger partial charge on any atom is 0.240 e. The van der Waals surface area contributed by atoms with Crippen molar-refractivity contribution in [2.24, 2.45) is 0 Å². The van der Waals surface area contributed by atoms with Crippen LogP contribution in [0.2, 0.25) is 0 Å². The number of para-hydroxylation sites is 1. The van der Waals surface area contributed by atoms with Gasteiger partial charge in [0.25, 0.3) is 0 Å². The van der Waals surface area contributed by atoms with E-state index in [4.69, 9.17) is 4.74 Å². The van der Waals surface area contributed by atoms with Crippen molar-refractivity contribution in [3.8, 4) is 17.0 Å². The molecule has 0 spiro atoms. The summed E-state index contributed by atoms with van der Waals surface area (Å²) in [6, 6.07) is 14.3. The molecule has 26 heavy (non-hydrogen) atoms. The van der Waals surface area contributed by atoms with Crippen LogP contribution in [0.3, 0.4) is 0 Å². The minimum absolute atomic E-state index is 0.155. The molecule has 0 aliphatic carbocycles. The Kier molecular flexibility index (Phi) is 4.41. The van der Waals surface area contributed by atoms with Crippen LogP contribution in [0.5, 0.6) is 5.75 Å². The number of ether oxygens (including phenoxy) is 1. The van der Waals surface area contributed by atoms with Gasteiger partial charge in [-0.1, -0.05) is 30.3 Å². The number of thioether (sulfide) groups is 1. The fourth-order valence-corrected chi connectivity index (χ4v) is 5.11. The molecule has 1 unspecified atom stereocenters. The zero-order valence-corrected chi connectivity index (χ0v) is 16.0. The Balaban J connectivity index is 1.97. The van der Waals surface area contributed by atoms with Crippen LogP contribution in [0.15, 0.2) is 47.4 Å². The van der Waals surface area contributed by atoms with Gasteiger partial charge in [0, 0.05) is 35.1 Å². The number of fused-ring (bicyclic) bond motifs is 5. The van der Waals surface area contributed by atoms with E-state index in [1.165, 1.54) is 0 Å². The van der Waals surface area contributed by atoms with Crippen LogP contribution in [0.1, 0.15) is 24.7 Å². The number of aromatic amines is 1. The first-order chi connectivity index (χ1) is 12.7. The first-order valence-electron chi connectivity index (χ1n) is 8.93. The number of hydrogen-bond acceptors (Lipinski definition) is 3. The molecule has 134 valence electrons. The number of carbonyl (C=O) groups is 1. The highest BCUT2D eigenvalue weighted by atomic mass is 32.2. The number of amides is 1. The van der Waals surface area contributed by atoms with E-state index < -0.39 is 0 Å². The number of likely N-dealkylation sites (N-methyl/N-ethyl adjacent to an activating group) is 1. The average molecular weight is 366 g/mol. The summed E-state index contributed by atoms with van der Waals surface area (Å²) in [4.78, 5) is 19.8. The number of nitrogens with zero attached hydrogens (tertiary/aromatic N) is 1. The fourth-order valence-electron chi connectivity index (χ4n) is 3.70. The highest BCUT2D eigenvalue weighted by Crippen LogP contribution is 2.54. The Morgan fingerprint density at radius 1 is 1.15 bits per heavy atom. The number of rotatable bonds is 4. The van der Waals surface area contributed by atoms with Gasteiger partial charge in [0.1, 0.15) is 11.0 Å². The van der Waals surface area contributed by atoms with Crippen molar-refractivity contribution in [2.75, 3.05) is 20.2 Å². The summed E-state index contributed by atoms with van der Waals surface area (Å²) in [6.45, 7) is 5.48. The summed E-state index contributed by atoms with van der Waals surface area (Å²) >= 11 is 1.60. The van der Waals surface area contributed by atoms with E-state index >= 15 is 0 Å². The number of methoxy groups -OCH3 is 1. The molecule has 1 aliphatic heterocycles. The van der Waals surface area contributed by atoms with E-state index in [9.17, 15) is 4.79 Å². The highest BCUT2D eigenvalue weighted by Gasteiger charge is 2.36. The summed E-state index contributed by atoms with van der Waals surface area (Å²) in [7, 11) is 1.68. The van der Waals surface area contributed by atoms with Gasteiger partial charge in [-0.05, 0) is 26.0 Å². The number of nitrogens with one attached hydrogen (secondary N) is 1. The van der Waals surface area contributed by atoms with Gasteiger partial charge in [-0.25, -0.2) is 0 Å². The molecule has 1 N–H and O–H groups in total. The van der Waals surface area contributed by atoms with Crippen LogP contribution >= 0.6 is 11.8 Å². The van der Waals surface area contributed by atoms with Crippen molar-refractivity contribution < 1.29 is 9.53 Å². The molecule has 0 radical (unpaired) electrons. The molecule has 0 bridgehead atoms. The van der Waals surface area contributed by atoms with E-state index in [1.807, 2.05) is 43.0 Å². The lowest BCUT2D eigenvalue weighted by molar-refractivity contribution is -0.130. The lowest BCUT2D eigenvalue weighted by atomic mass is 10.0. The van der Waals surface area contributed by atoms with Gasteiger partial charge in [0.2, 0.25) is 5.91 Å². The first kappa shape index (κ1) is 17.0. The summed E-state index contributed by atoms with van der Waals surface area (Å²) in [5.74, 6) is 0.969. The highest BCUT2D eigenvalue weighted by molar-refractivity contribution is 8.00. The van der Waals surface area contributed by atoms with Crippen molar-refractivity contribution >= 4 is 28.6 Å². The maximum atomic E-state index is 13.3. The molecule has 4 nitrogen and oxygen atoms in total. The topological polar surface area (TPSA) is 45.3 Å². The van der Waals surface area contributed by atoms with E-state index in [1.54, 1.807) is 18.9 Å². The van der Waals surface area contributed by atoms with Crippen LogP contribution in [-0.4, -0.2) is 36.0 Å². The van der Waals surface area contributed by atoms with Gasteiger partial charge < -0.3 is 14.6 Å². The van der Waals surface area contributed by atoms with Gasteiger partial charge in [0.15, 0.2) is 0 Å². The Morgan fingerprint density at radius 3 is 2.65 bits per heavy atom. The third kappa shape index (κ3) is 2.50. The van der Waals surface area contributed by atoms with Crippen molar-refractivity contribution in [3.63, 3.8) is 0 Å². The predicted molar refractivity (Wildman–Crippen MR) is 107 cm³/mol. The Bertz CT molecular complexity index is 975. The van der Waals surface area contributed by atoms with Crippen molar-refractivity contribution in [1.29, 1.82) is 0 Å². The number of H-pyrrole nitrogens is 1. The molecule has 0 fully saturated rings. The molecule has 1 amide bonds. The van der Waals surface area contributed by atoms with Crippen molar-refractivity contribution in [3.05, 3.63) is 48.0 Å². The third-order valence-corrected chi connectivity index (χ3v) is 6.34. The second-order valence-corrected chi connectivity index (χ2v) is 7.42. The minimum atomic E-state index is -0.273. The van der Waals surface area contributed by atoms with Gasteiger partial charge in [-0.3, -0.25) is 4.79 Å². The second-order valence-electron chi connectivity index (χ2n) is 6.30. The van der Waals surface area contributed by atoms with Crippen LogP contribution in [0.25, 0.3) is 22.2 Å². The molecule has 1 aromatic heterocycles. The number of hydrogen-bond donors (Lipinski definition) is 1. The largest absolute Gasteiger partial charge is 0.496 e. The van der Waals surface area contributed by atoms with Gasteiger partial charge in [0.05, 0.1) is 17.7 Å². The molecule has 0 saturated carbocycles. The minimum Gasteiger partial charge on any atom is -0.496 e. The summed E-state index contributed by atoms with van der Waals surface area (Å²) in [5.41, 5.74) is 4.28.